The van der Waals surface area contributed by atoms with Gasteiger partial charge in [0.15, 0.2) is 0 Å². The van der Waals surface area contributed by atoms with Crippen molar-refractivity contribution < 1.29 is 13.2 Å². The third kappa shape index (κ3) is 5.18. The second kappa shape index (κ2) is 8.08. The molecule has 0 aliphatic rings. The summed E-state index contributed by atoms with van der Waals surface area (Å²) in [4.78, 5) is 12.1. The Kier molecular flexibility index (Phi) is 6.11. The van der Waals surface area contributed by atoms with Crippen LogP contribution < -0.4 is 5.32 Å². The van der Waals surface area contributed by atoms with Crippen LogP contribution in [0.25, 0.3) is 0 Å². The van der Waals surface area contributed by atoms with Crippen molar-refractivity contribution in [3.05, 3.63) is 65.7 Å². The Morgan fingerprint density at radius 2 is 1.62 bits per heavy atom. The normalized spacial score (nSPS) is 11.5. The number of rotatable bonds is 7. The van der Waals surface area contributed by atoms with E-state index in [1.165, 1.54) is 14.1 Å². The van der Waals surface area contributed by atoms with Crippen LogP contribution in [0.4, 0.5) is 5.69 Å². The number of carbonyl (C=O) groups excluding carboxylic acids is 1. The van der Waals surface area contributed by atoms with E-state index in [4.69, 9.17) is 0 Å². The molecule has 5 nitrogen and oxygen atoms in total. The van der Waals surface area contributed by atoms with Crippen molar-refractivity contribution in [2.45, 2.75) is 12.8 Å². The summed E-state index contributed by atoms with van der Waals surface area (Å²) in [6.45, 7) is 0. The van der Waals surface area contributed by atoms with Gasteiger partial charge in [-0.15, -0.1) is 0 Å². The predicted octanol–water partition coefficient (Wildman–Crippen LogP) is 2.50. The highest BCUT2D eigenvalue weighted by Gasteiger charge is 2.16. The van der Waals surface area contributed by atoms with Gasteiger partial charge in [0, 0.05) is 26.2 Å². The zero-order chi connectivity index (χ0) is 17.6. The Labute approximate surface area is 143 Å². The molecule has 0 radical (unpaired) electrons. The fourth-order valence-electron chi connectivity index (χ4n) is 2.23. The smallest absolute Gasteiger partial charge is 0.225 e. The molecule has 24 heavy (non-hydrogen) atoms. The van der Waals surface area contributed by atoms with Gasteiger partial charge in [-0.05, 0) is 23.6 Å². The number of hydrogen-bond acceptors (Lipinski definition) is 3. The predicted molar refractivity (Wildman–Crippen MR) is 96.4 cm³/mol. The van der Waals surface area contributed by atoms with Gasteiger partial charge in [-0.3, -0.25) is 4.79 Å². The highest BCUT2D eigenvalue weighted by Crippen LogP contribution is 2.19. The standard InChI is InChI=1S/C18H22N2O3S/c1-20(2)24(22,23)13-12-18(21)19-17-11-7-6-10-16(17)14-15-8-4-3-5-9-15/h3-11H,12-14H2,1-2H3,(H,19,21). The second-order valence-corrected chi connectivity index (χ2v) is 8.02. The maximum Gasteiger partial charge on any atom is 0.225 e. The van der Waals surface area contributed by atoms with Crippen LogP contribution in [0.1, 0.15) is 17.5 Å². The number of hydrogen-bond donors (Lipinski definition) is 1. The fourth-order valence-corrected chi connectivity index (χ4v) is 3.04. The molecule has 6 heteroatoms. The maximum atomic E-state index is 12.1. The second-order valence-electron chi connectivity index (χ2n) is 5.72. The van der Waals surface area contributed by atoms with Crippen LogP contribution >= 0.6 is 0 Å². The van der Waals surface area contributed by atoms with Gasteiger partial charge in [0.1, 0.15) is 0 Å². The highest BCUT2D eigenvalue weighted by atomic mass is 32.2. The number of benzene rings is 2. The van der Waals surface area contributed by atoms with Gasteiger partial charge in [-0.1, -0.05) is 48.5 Å². The molecule has 0 saturated carbocycles. The minimum absolute atomic E-state index is 0.0693. The molecule has 0 heterocycles. The molecule has 2 rings (SSSR count). The first kappa shape index (κ1) is 18.2. The molecule has 0 spiro atoms. The van der Waals surface area contributed by atoms with Crippen molar-refractivity contribution in [2.75, 3.05) is 25.2 Å². The van der Waals surface area contributed by atoms with Gasteiger partial charge in [0.2, 0.25) is 15.9 Å². The van der Waals surface area contributed by atoms with Crippen LogP contribution in [-0.4, -0.2) is 38.5 Å². The summed E-state index contributed by atoms with van der Waals surface area (Å²) in [5, 5.41) is 2.82. The Balaban J connectivity index is 2.03. The average Bonchev–Trinajstić information content (AvgIpc) is 2.56. The lowest BCUT2D eigenvalue weighted by atomic mass is 10.0. The van der Waals surface area contributed by atoms with Crippen molar-refractivity contribution in [1.29, 1.82) is 0 Å². The first-order valence-electron chi connectivity index (χ1n) is 7.70. The van der Waals surface area contributed by atoms with E-state index >= 15 is 0 Å². The Morgan fingerprint density at radius 3 is 2.29 bits per heavy atom. The number of nitrogens with zero attached hydrogens (tertiary/aromatic N) is 1. The summed E-state index contributed by atoms with van der Waals surface area (Å²) in [7, 11) is -0.450. The van der Waals surface area contributed by atoms with Crippen molar-refractivity contribution in [1.82, 2.24) is 4.31 Å². The third-order valence-corrected chi connectivity index (χ3v) is 5.50. The van der Waals surface area contributed by atoms with Crippen LogP contribution in [0, 0.1) is 0 Å². The fraction of sp³-hybridized carbons (Fsp3) is 0.278. The monoisotopic (exact) mass is 346 g/mol. The maximum absolute atomic E-state index is 12.1. The molecule has 0 aliphatic carbocycles. The summed E-state index contributed by atoms with van der Waals surface area (Å²) >= 11 is 0. The number of sulfonamides is 1. The molecule has 128 valence electrons. The molecule has 0 bridgehead atoms. The van der Waals surface area contributed by atoms with Gasteiger partial charge in [-0.2, -0.15) is 0 Å². The van der Waals surface area contributed by atoms with E-state index < -0.39 is 10.0 Å². The third-order valence-electron chi connectivity index (χ3n) is 3.67. The summed E-state index contributed by atoms with van der Waals surface area (Å²) in [5.41, 5.74) is 2.86. The SMILES string of the molecule is CN(C)S(=O)(=O)CCC(=O)Nc1ccccc1Cc1ccccc1. The van der Waals surface area contributed by atoms with E-state index in [-0.39, 0.29) is 18.1 Å². The van der Waals surface area contributed by atoms with Gasteiger partial charge in [0.05, 0.1) is 5.75 Å². The van der Waals surface area contributed by atoms with Crippen LogP contribution in [0.15, 0.2) is 54.6 Å². The van der Waals surface area contributed by atoms with Crippen LogP contribution in [0.5, 0.6) is 0 Å². The number of amides is 1. The van der Waals surface area contributed by atoms with Crippen molar-refractivity contribution >= 4 is 21.6 Å². The Hall–Kier alpha value is -2.18. The molecule has 0 aliphatic heterocycles. The van der Waals surface area contributed by atoms with Crippen molar-refractivity contribution in [2.24, 2.45) is 0 Å². The molecule has 2 aromatic carbocycles. The van der Waals surface area contributed by atoms with Crippen LogP contribution in [0.2, 0.25) is 0 Å². The van der Waals surface area contributed by atoms with Crippen molar-refractivity contribution in [3.63, 3.8) is 0 Å². The number of para-hydroxylation sites is 1. The molecule has 2 aromatic rings. The highest BCUT2D eigenvalue weighted by molar-refractivity contribution is 7.89. The number of carbonyl (C=O) groups is 1. The van der Waals surface area contributed by atoms with E-state index in [9.17, 15) is 13.2 Å². The summed E-state index contributed by atoms with van der Waals surface area (Å²) < 4.78 is 24.6. The van der Waals surface area contributed by atoms with Crippen LogP contribution in [-0.2, 0) is 21.2 Å². The van der Waals surface area contributed by atoms with E-state index in [0.717, 1.165) is 15.4 Å². The largest absolute Gasteiger partial charge is 0.326 e. The Bertz CT molecular complexity index is 787. The molecule has 0 atom stereocenters. The van der Waals surface area contributed by atoms with E-state index in [1.54, 1.807) is 0 Å². The lowest BCUT2D eigenvalue weighted by molar-refractivity contribution is -0.115. The van der Waals surface area contributed by atoms with Crippen molar-refractivity contribution in [3.8, 4) is 0 Å². The molecule has 0 fully saturated rings. The molecule has 1 amide bonds. The number of nitrogens with one attached hydrogen (secondary N) is 1. The Morgan fingerprint density at radius 1 is 1.00 bits per heavy atom. The van der Waals surface area contributed by atoms with Gasteiger partial charge in [-0.25, -0.2) is 12.7 Å². The van der Waals surface area contributed by atoms with Gasteiger partial charge >= 0.3 is 0 Å². The van der Waals surface area contributed by atoms with Gasteiger partial charge in [0.25, 0.3) is 0 Å². The summed E-state index contributed by atoms with van der Waals surface area (Å²) in [5.74, 6) is -0.506. The lowest BCUT2D eigenvalue weighted by Gasteiger charge is -2.13. The molecule has 0 saturated heterocycles. The minimum atomic E-state index is -3.37. The van der Waals surface area contributed by atoms with E-state index in [0.29, 0.717) is 12.1 Å². The molecule has 1 N–H and O–H groups in total. The summed E-state index contributed by atoms with van der Waals surface area (Å²) in [6.07, 6.45) is 0.632. The zero-order valence-electron chi connectivity index (χ0n) is 13.9. The lowest BCUT2D eigenvalue weighted by Crippen LogP contribution is -2.27. The van der Waals surface area contributed by atoms with E-state index in [2.05, 4.69) is 5.32 Å². The molecule has 0 unspecified atom stereocenters. The first-order valence-corrected chi connectivity index (χ1v) is 9.31. The quantitative estimate of drug-likeness (QED) is 0.838. The topological polar surface area (TPSA) is 66.5 Å². The summed E-state index contributed by atoms with van der Waals surface area (Å²) in [6, 6.07) is 17.5. The average molecular weight is 346 g/mol. The van der Waals surface area contributed by atoms with Gasteiger partial charge < -0.3 is 5.32 Å². The first-order chi connectivity index (χ1) is 11.4. The molecular formula is C18H22N2O3S. The van der Waals surface area contributed by atoms with E-state index in [1.807, 2.05) is 54.6 Å². The molecule has 0 aromatic heterocycles. The minimum Gasteiger partial charge on any atom is -0.326 e. The van der Waals surface area contributed by atoms with Crippen LogP contribution in [0.3, 0.4) is 0 Å². The zero-order valence-corrected chi connectivity index (χ0v) is 14.7. The number of anilines is 1. The molecular weight excluding hydrogens is 324 g/mol.